The summed E-state index contributed by atoms with van der Waals surface area (Å²) in [7, 11) is 0. The Balaban J connectivity index is 1.36. The van der Waals surface area contributed by atoms with Crippen LogP contribution in [0.1, 0.15) is 23.3 Å². The fourth-order valence-electron chi connectivity index (χ4n) is 3.80. The van der Waals surface area contributed by atoms with Crippen LogP contribution in [0.25, 0.3) is 0 Å². The maximum absolute atomic E-state index is 10.6. The normalized spacial score (nSPS) is 16.5. The van der Waals surface area contributed by atoms with Crippen molar-refractivity contribution in [3.63, 3.8) is 0 Å². The number of hydrogen-bond acceptors (Lipinski definition) is 6. The Morgan fingerprint density at radius 2 is 1.97 bits per heavy atom. The van der Waals surface area contributed by atoms with E-state index in [4.69, 9.17) is 48.8 Å². The first-order valence-electron chi connectivity index (χ1n) is 10.9. The lowest BCUT2D eigenvalue weighted by atomic mass is 10.0. The third kappa shape index (κ3) is 7.22. The van der Waals surface area contributed by atoms with Gasteiger partial charge in [-0.15, -0.1) is 0 Å². The van der Waals surface area contributed by atoms with Gasteiger partial charge in [0.05, 0.1) is 34.7 Å². The molecule has 6 nitrogen and oxygen atoms in total. The zero-order chi connectivity index (χ0) is 23.9. The second kappa shape index (κ2) is 12.1. The Labute approximate surface area is 213 Å². The summed E-state index contributed by atoms with van der Waals surface area (Å²) in [6.45, 7) is 2.05. The van der Waals surface area contributed by atoms with Crippen LogP contribution in [-0.4, -0.2) is 47.6 Å². The molecular formula is C25H25Cl3N2O4. The summed E-state index contributed by atoms with van der Waals surface area (Å²) in [5, 5.41) is 16.5. The number of halogens is 3. The zero-order valence-electron chi connectivity index (χ0n) is 18.4. The van der Waals surface area contributed by atoms with Gasteiger partial charge in [-0.25, -0.2) is 0 Å². The van der Waals surface area contributed by atoms with E-state index in [1.165, 1.54) is 0 Å². The lowest BCUT2D eigenvalue weighted by molar-refractivity contribution is -0.00955. The SMILES string of the molecule is OC(COCc1ccco1)CN(Cc1cccc(Cl)c1)CC1CC(c2ccc(Cl)c(Cl)c2)=NO1. The van der Waals surface area contributed by atoms with E-state index in [-0.39, 0.29) is 12.7 Å². The number of hydrogen-bond donors (Lipinski definition) is 1. The highest BCUT2D eigenvalue weighted by atomic mass is 35.5. The summed E-state index contributed by atoms with van der Waals surface area (Å²) in [4.78, 5) is 7.83. The van der Waals surface area contributed by atoms with E-state index >= 15 is 0 Å². The molecule has 2 aromatic carbocycles. The number of furan rings is 1. The van der Waals surface area contributed by atoms with Crippen LogP contribution in [0.3, 0.4) is 0 Å². The van der Waals surface area contributed by atoms with Crippen molar-refractivity contribution in [3.05, 3.63) is 92.8 Å². The predicted molar refractivity (Wildman–Crippen MR) is 134 cm³/mol. The molecule has 2 atom stereocenters. The van der Waals surface area contributed by atoms with Gasteiger partial charge in [-0.1, -0.05) is 58.2 Å². The van der Waals surface area contributed by atoms with Crippen molar-refractivity contribution in [1.82, 2.24) is 4.90 Å². The minimum atomic E-state index is -0.689. The molecule has 0 fully saturated rings. The summed E-state index contributed by atoms with van der Waals surface area (Å²) in [6, 6.07) is 16.7. The number of benzene rings is 2. The molecule has 34 heavy (non-hydrogen) atoms. The Morgan fingerprint density at radius 3 is 2.74 bits per heavy atom. The van der Waals surface area contributed by atoms with Crippen LogP contribution in [0.4, 0.5) is 0 Å². The van der Waals surface area contributed by atoms with Crippen molar-refractivity contribution in [1.29, 1.82) is 0 Å². The van der Waals surface area contributed by atoms with Crippen molar-refractivity contribution < 1.29 is 19.1 Å². The lowest BCUT2D eigenvalue weighted by Gasteiger charge is -2.27. The quantitative estimate of drug-likeness (QED) is 0.343. The second-order valence-electron chi connectivity index (χ2n) is 8.17. The van der Waals surface area contributed by atoms with E-state index in [0.29, 0.717) is 53.5 Å². The van der Waals surface area contributed by atoms with Gasteiger partial charge in [0.2, 0.25) is 0 Å². The first kappa shape index (κ1) is 25.0. The van der Waals surface area contributed by atoms with Gasteiger partial charge in [0.1, 0.15) is 18.5 Å². The monoisotopic (exact) mass is 522 g/mol. The molecule has 3 aromatic rings. The fourth-order valence-corrected chi connectivity index (χ4v) is 4.31. The summed E-state index contributed by atoms with van der Waals surface area (Å²) in [5.41, 5.74) is 2.73. The van der Waals surface area contributed by atoms with Gasteiger partial charge in [0.25, 0.3) is 0 Å². The Morgan fingerprint density at radius 1 is 1.09 bits per heavy atom. The van der Waals surface area contributed by atoms with Gasteiger partial charge in [-0.05, 0) is 42.0 Å². The smallest absolute Gasteiger partial charge is 0.145 e. The van der Waals surface area contributed by atoms with Crippen LogP contribution in [0.2, 0.25) is 15.1 Å². The highest BCUT2D eigenvalue weighted by Crippen LogP contribution is 2.26. The molecule has 0 saturated carbocycles. The molecule has 4 rings (SSSR count). The molecule has 1 aliphatic heterocycles. The molecule has 1 aliphatic rings. The molecule has 0 amide bonds. The predicted octanol–water partition coefficient (Wildman–Crippen LogP) is 5.81. The fraction of sp³-hybridized carbons (Fsp3) is 0.320. The van der Waals surface area contributed by atoms with Crippen LogP contribution in [0.15, 0.2) is 70.4 Å². The zero-order valence-corrected chi connectivity index (χ0v) is 20.6. The number of rotatable bonds is 11. The largest absolute Gasteiger partial charge is 0.467 e. The van der Waals surface area contributed by atoms with E-state index < -0.39 is 6.10 Å². The van der Waals surface area contributed by atoms with Gasteiger partial charge in [0.15, 0.2) is 0 Å². The van der Waals surface area contributed by atoms with Crippen LogP contribution in [0.5, 0.6) is 0 Å². The first-order valence-corrected chi connectivity index (χ1v) is 12.0. The summed E-state index contributed by atoms with van der Waals surface area (Å²) in [6.07, 6.45) is 1.36. The second-order valence-corrected chi connectivity index (χ2v) is 9.42. The number of aliphatic hydroxyl groups excluding tert-OH is 1. The van der Waals surface area contributed by atoms with Gasteiger partial charge < -0.3 is 19.1 Å². The minimum absolute atomic E-state index is 0.167. The number of ether oxygens (including phenoxy) is 1. The molecule has 0 bridgehead atoms. The minimum Gasteiger partial charge on any atom is -0.467 e. The number of oxime groups is 1. The molecule has 1 aromatic heterocycles. The van der Waals surface area contributed by atoms with Crippen molar-refractivity contribution in [2.75, 3.05) is 19.7 Å². The summed E-state index contributed by atoms with van der Waals surface area (Å²) < 4.78 is 10.9. The molecule has 0 spiro atoms. The summed E-state index contributed by atoms with van der Waals surface area (Å²) >= 11 is 18.4. The van der Waals surface area contributed by atoms with Gasteiger partial charge in [0, 0.05) is 36.6 Å². The molecule has 0 radical (unpaired) electrons. The third-order valence-corrected chi connectivity index (χ3v) is 6.32. The average molecular weight is 524 g/mol. The highest BCUT2D eigenvalue weighted by Gasteiger charge is 2.26. The molecule has 9 heteroatoms. The van der Waals surface area contributed by atoms with Crippen LogP contribution < -0.4 is 0 Å². The van der Waals surface area contributed by atoms with E-state index in [1.807, 2.05) is 36.4 Å². The Kier molecular flexibility index (Phi) is 8.89. The number of nitrogens with zero attached hydrogens (tertiary/aromatic N) is 2. The standard InChI is InChI=1S/C25H25Cl3N2O4/c26-19-4-1-3-17(9-19)12-30(13-20(31)15-32-16-21-5-2-8-33-21)14-22-11-25(29-34-22)18-6-7-23(27)24(28)10-18/h1-10,20,22,31H,11-16H2. The summed E-state index contributed by atoms with van der Waals surface area (Å²) in [5.74, 6) is 0.717. The Hall–Kier alpha value is -2.06. The van der Waals surface area contributed by atoms with E-state index in [2.05, 4.69) is 10.1 Å². The topological polar surface area (TPSA) is 67.4 Å². The van der Waals surface area contributed by atoms with E-state index in [1.54, 1.807) is 24.5 Å². The van der Waals surface area contributed by atoms with Crippen LogP contribution in [0, 0.1) is 0 Å². The van der Waals surface area contributed by atoms with E-state index in [9.17, 15) is 5.11 Å². The van der Waals surface area contributed by atoms with Gasteiger partial charge in [-0.3, -0.25) is 4.90 Å². The van der Waals surface area contributed by atoms with Crippen molar-refractivity contribution in [3.8, 4) is 0 Å². The van der Waals surface area contributed by atoms with Crippen LogP contribution >= 0.6 is 34.8 Å². The van der Waals surface area contributed by atoms with Crippen molar-refractivity contribution in [2.45, 2.75) is 31.8 Å². The highest BCUT2D eigenvalue weighted by molar-refractivity contribution is 6.42. The Bertz CT molecular complexity index is 1110. The third-order valence-electron chi connectivity index (χ3n) is 5.35. The van der Waals surface area contributed by atoms with Gasteiger partial charge in [-0.2, -0.15) is 0 Å². The van der Waals surface area contributed by atoms with E-state index in [0.717, 1.165) is 16.8 Å². The molecule has 180 valence electrons. The molecule has 0 aliphatic carbocycles. The van der Waals surface area contributed by atoms with Gasteiger partial charge >= 0.3 is 0 Å². The average Bonchev–Trinajstić information content (AvgIpc) is 3.48. The molecular weight excluding hydrogens is 499 g/mol. The molecule has 1 N–H and O–H groups in total. The molecule has 0 saturated heterocycles. The first-order chi connectivity index (χ1) is 16.5. The molecule has 2 heterocycles. The molecule has 2 unspecified atom stereocenters. The maximum Gasteiger partial charge on any atom is 0.145 e. The maximum atomic E-state index is 10.6. The number of aliphatic hydroxyl groups is 1. The van der Waals surface area contributed by atoms with Crippen LogP contribution in [-0.2, 0) is 22.7 Å². The van der Waals surface area contributed by atoms with Crippen molar-refractivity contribution >= 4 is 40.5 Å². The van der Waals surface area contributed by atoms with Crippen molar-refractivity contribution in [2.24, 2.45) is 5.16 Å². The lowest BCUT2D eigenvalue weighted by Crippen LogP contribution is -2.39.